The average Bonchev–Trinajstić information content (AvgIpc) is 2.72. The molecule has 2 amide bonds. The van der Waals surface area contributed by atoms with E-state index in [4.69, 9.17) is 4.74 Å². The Morgan fingerprint density at radius 2 is 1.69 bits per heavy atom. The lowest BCUT2D eigenvalue weighted by Crippen LogP contribution is -2.47. The van der Waals surface area contributed by atoms with Gasteiger partial charge in [-0.3, -0.25) is 30.6 Å². The van der Waals surface area contributed by atoms with Crippen LogP contribution in [-0.4, -0.2) is 22.8 Å². The van der Waals surface area contributed by atoms with Gasteiger partial charge < -0.3 is 4.74 Å². The van der Waals surface area contributed by atoms with Crippen molar-refractivity contribution < 1.29 is 19.2 Å². The third-order valence-corrected chi connectivity index (χ3v) is 4.27. The summed E-state index contributed by atoms with van der Waals surface area (Å²) in [4.78, 5) is 34.7. The van der Waals surface area contributed by atoms with Crippen molar-refractivity contribution in [2.45, 2.75) is 19.4 Å². The molecule has 0 bridgehead atoms. The molecule has 2 N–H and O–H groups in total. The van der Waals surface area contributed by atoms with Gasteiger partial charge >= 0.3 is 0 Å². The number of hydrogen-bond acceptors (Lipinski definition) is 5. The van der Waals surface area contributed by atoms with E-state index in [2.05, 4.69) is 10.9 Å². The number of ether oxygens (including phenoxy) is 1. The minimum absolute atomic E-state index is 0.151. The molecule has 3 rings (SSSR count). The van der Waals surface area contributed by atoms with Crippen molar-refractivity contribution in [1.29, 1.82) is 0 Å². The van der Waals surface area contributed by atoms with Gasteiger partial charge in [0.15, 0.2) is 6.10 Å². The molecule has 0 aliphatic rings. The number of nitro groups is 1. The maximum atomic E-state index is 12.2. The molecule has 148 valence electrons. The number of amides is 2. The van der Waals surface area contributed by atoms with Gasteiger partial charge in [-0.15, -0.1) is 0 Å². The fraction of sp³-hybridized carbons (Fsp3) is 0.143. The van der Waals surface area contributed by atoms with E-state index in [0.29, 0.717) is 5.75 Å². The first kappa shape index (κ1) is 19.8. The lowest BCUT2D eigenvalue weighted by Gasteiger charge is -2.15. The summed E-state index contributed by atoms with van der Waals surface area (Å²) in [6.07, 6.45) is -1.10. The van der Waals surface area contributed by atoms with Crippen LogP contribution in [0.25, 0.3) is 10.8 Å². The van der Waals surface area contributed by atoms with E-state index in [1.807, 2.05) is 36.4 Å². The molecule has 8 nitrogen and oxygen atoms in total. The second kappa shape index (κ2) is 8.83. The number of nitrogens with zero attached hydrogens (tertiary/aromatic N) is 1. The summed E-state index contributed by atoms with van der Waals surface area (Å²) in [6, 6.07) is 19.2. The van der Waals surface area contributed by atoms with Gasteiger partial charge in [0.1, 0.15) is 5.75 Å². The maximum absolute atomic E-state index is 12.2. The summed E-state index contributed by atoms with van der Waals surface area (Å²) < 4.78 is 5.63. The molecule has 0 fully saturated rings. The number of nitrogens with one attached hydrogen (secondary N) is 2. The molecule has 1 atom stereocenters. The van der Waals surface area contributed by atoms with Crippen molar-refractivity contribution in [2.24, 2.45) is 0 Å². The molecule has 0 spiro atoms. The largest absolute Gasteiger partial charge is 0.481 e. The number of fused-ring (bicyclic) bond motifs is 1. The Morgan fingerprint density at radius 1 is 1.00 bits per heavy atom. The Labute approximate surface area is 166 Å². The van der Waals surface area contributed by atoms with E-state index in [1.54, 1.807) is 19.1 Å². The quantitative estimate of drug-likeness (QED) is 0.494. The van der Waals surface area contributed by atoms with Gasteiger partial charge in [-0.05, 0) is 29.8 Å². The van der Waals surface area contributed by atoms with Gasteiger partial charge in [-0.25, -0.2) is 0 Å². The maximum Gasteiger partial charge on any atom is 0.279 e. The van der Waals surface area contributed by atoms with E-state index >= 15 is 0 Å². The van der Waals surface area contributed by atoms with Crippen LogP contribution in [0.4, 0.5) is 5.69 Å². The standard InChI is InChI=1S/C21H19N3O5/c1-14(29-18-11-10-15-6-2-3-7-16(15)12-18)21(26)23-22-20(25)13-17-8-4-5-9-19(17)24(27)28/h2-12,14H,13H2,1H3,(H,22,25)(H,23,26). The Morgan fingerprint density at radius 3 is 2.45 bits per heavy atom. The molecule has 3 aromatic rings. The smallest absolute Gasteiger partial charge is 0.279 e. The van der Waals surface area contributed by atoms with Crippen LogP contribution in [0, 0.1) is 10.1 Å². The van der Waals surface area contributed by atoms with Crippen LogP contribution in [0.15, 0.2) is 66.7 Å². The predicted octanol–water partition coefficient (Wildman–Crippen LogP) is 2.91. The van der Waals surface area contributed by atoms with E-state index < -0.39 is 22.8 Å². The van der Waals surface area contributed by atoms with Crippen LogP contribution in [0.3, 0.4) is 0 Å². The zero-order chi connectivity index (χ0) is 20.8. The minimum Gasteiger partial charge on any atom is -0.481 e. The number of carbonyl (C=O) groups is 2. The average molecular weight is 393 g/mol. The molecular weight excluding hydrogens is 374 g/mol. The van der Waals surface area contributed by atoms with Crippen molar-refractivity contribution in [3.05, 3.63) is 82.4 Å². The summed E-state index contributed by atoms with van der Waals surface area (Å²) in [6.45, 7) is 1.55. The topological polar surface area (TPSA) is 111 Å². The molecule has 0 saturated heterocycles. The number of para-hydroxylation sites is 1. The molecular formula is C21H19N3O5. The van der Waals surface area contributed by atoms with Crippen LogP contribution < -0.4 is 15.6 Å². The lowest BCUT2D eigenvalue weighted by molar-refractivity contribution is -0.385. The zero-order valence-corrected chi connectivity index (χ0v) is 15.6. The van der Waals surface area contributed by atoms with Crippen molar-refractivity contribution in [3.63, 3.8) is 0 Å². The van der Waals surface area contributed by atoms with Crippen molar-refractivity contribution in [3.8, 4) is 5.75 Å². The Hall–Kier alpha value is -3.94. The first-order valence-corrected chi connectivity index (χ1v) is 8.90. The van der Waals surface area contributed by atoms with Gasteiger partial charge in [0, 0.05) is 11.6 Å². The number of nitro benzene ring substituents is 1. The molecule has 0 aliphatic heterocycles. The van der Waals surface area contributed by atoms with Crippen LogP contribution in [0.5, 0.6) is 5.75 Å². The summed E-state index contributed by atoms with van der Waals surface area (Å²) in [7, 11) is 0. The summed E-state index contributed by atoms with van der Waals surface area (Å²) in [5.41, 5.74) is 4.63. The molecule has 1 unspecified atom stereocenters. The van der Waals surface area contributed by atoms with Crippen molar-refractivity contribution >= 4 is 28.3 Å². The fourth-order valence-electron chi connectivity index (χ4n) is 2.79. The highest BCUT2D eigenvalue weighted by molar-refractivity contribution is 5.86. The highest BCUT2D eigenvalue weighted by Crippen LogP contribution is 2.21. The molecule has 0 aromatic heterocycles. The minimum atomic E-state index is -0.859. The third-order valence-electron chi connectivity index (χ3n) is 4.27. The van der Waals surface area contributed by atoms with Crippen LogP contribution >= 0.6 is 0 Å². The normalized spacial score (nSPS) is 11.5. The molecule has 3 aromatic carbocycles. The first-order chi connectivity index (χ1) is 13.9. The van der Waals surface area contributed by atoms with Gasteiger partial charge in [0.2, 0.25) is 5.91 Å². The fourth-order valence-corrected chi connectivity index (χ4v) is 2.79. The third kappa shape index (κ3) is 5.07. The summed E-state index contributed by atoms with van der Waals surface area (Å²) in [5.74, 6) is -0.600. The second-order valence-corrected chi connectivity index (χ2v) is 6.37. The van der Waals surface area contributed by atoms with E-state index in [9.17, 15) is 19.7 Å². The molecule has 29 heavy (non-hydrogen) atoms. The Kier molecular flexibility index (Phi) is 6.03. The number of carbonyl (C=O) groups excluding carboxylic acids is 2. The molecule has 0 heterocycles. The van der Waals surface area contributed by atoms with E-state index in [0.717, 1.165) is 10.8 Å². The van der Waals surface area contributed by atoms with Crippen molar-refractivity contribution in [1.82, 2.24) is 10.9 Å². The number of hydrogen-bond donors (Lipinski definition) is 2. The van der Waals surface area contributed by atoms with Crippen LogP contribution in [-0.2, 0) is 16.0 Å². The van der Waals surface area contributed by atoms with Gasteiger partial charge in [-0.1, -0.05) is 48.5 Å². The highest BCUT2D eigenvalue weighted by Gasteiger charge is 2.18. The Balaban J connectivity index is 1.54. The zero-order valence-electron chi connectivity index (χ0n) is 15.6. The SMILES string of the molecule is CC(Oc1ccc2ccccc2c1)C(=O)NNC(=O)Cc1ccccc1[N+](=O)[O-]. The molecule has 0 radical (unpaired) electrons. The molecule has 8 heteroatoms. The molecule has 0 saturated carbocycles. The predicted molar refractivity (Wildman–Crippen MR) is 107 cm³/mol. The Bertz CT molecular complexity index is 1070. The van der Waals surface area contributed by atoms with E-state index in [1.165, 1.54) is 18.2 Å². The van der Waals surface area contributed by atoms with E-state index in [-0.39, 0.29) is 17.7 Å². The van der Waals surface area contributed by atoms with Crippen LogP contribution in [0.1, 0.15) is 12.5 Å². The summed E-state index contributed by atoms with van der Waals surface area (Å²) in [5, 5.41) is 13.0. The highest BCUT2D eigenvalue weighted by atomic mass is 16.6. The second-order valence-electron chi connectivity index (χ2n) is 6.37. The van der Waals surface area contributed by atoms with Gasteiger partial charge in [0.25, 0.3) is 11.6 Å². The summed E-state index contributed by atoms with van der Waals surface area (Å²) >= 11 is 0. The number of hydrazine groups is 1. The van der Waals surface area contributed by atoms with Gasteiger partial charge in [0.05, 0.1) is 11.3 Å². The van der Waals surface area contributed by atoms with Crippen molar-refractivity contribution in [2.75, 3.05) is 0 Å². The lowest BCUT2D eigenvalue weighted by atomic mass is 10.1. The number of benzene rings is 3. The van der Waals surface area contributed by atoms with Gasteiger partial charge in [-0.2, -0.15) is 0 Å². The monoisotopic (exact) mass is 393 g/mol. The molecule has 0 aliphatic carbocycles. The van der Waals surface area contributed by atoms with Crippen LogP contribution in [0.2, 0.25) is 0 Å². The first-order valence-electron chi connectivity index (χ1n) is 8.90. The number of rotatable bonds is 6.